The maximum absolute atomic E-state index is 9.04. The van der Waals surface area contributed by atoms with Crippen LogP contribution in [0.1, 0.15) is 13.8 Å². The zero-order valence-corrected chi connectivity index (χ0v) is 10.0. The normalized spacial score (nSPS) is 9.18. The minimum Gasteiger partial charge on any atom is -0.423 e. The van der Waals surface area contributed by atoms with Crippen LogP contribution in [-0.4, -0.2) is 22.2 Å². The molecular formula is C13H16BNO2. The van der Waals surface area contributed by atoms with Crippen LogP contribution in [0.25, 0.3) is 11.1 Å². The highest BCUT2D eigenvalue weighted by Gasteiger charge is 2.10. The van der Waals surface area contributed by atoms with Gasteiger partial charge in [-0.15, -0.1) is 0 Å². The minimum atomic E-state index is -1.42. The van der Waals surface area contributed by atoms with E-state index in [4.69, 9.17) is 10.0 Å². The number of rotatable bonds is 2. The molecular weight excluding hydrogens is 213 g/mol. The van der Waals surface area contributed by atoms with E-state index in [1.54, 1.807) is 30.6 Å². The Bertz CT molecular complexity index is 446. The summed E-state index contributed by atoms with van der Waals surface area (Å²) in [5.41, 5.74) is 2.44. The van der Waals surface area contributed by atoms with Crippen LogP contribution in [0.15, 0.2) is 48.8 Å². The molecule has 0 aliphatic heterocycles. The largest absolute Gasteiger partial charge is 0.488 e. The SMILES string of the molecule is CC.OB(O)c1cccc(-c2ccncc2)c1. The van der Waals surface area contributed by atoms with Gasteiger partial charge in [0.1, 0.15) is 0 Å². The van der Waals surface area contributed by atoms with Gasteiger partial charge in [-0.1, -0.05) is 38.1 Å². The van der Waals surface area contributed by atoms with Gasteiger partial charge in [0.25, 0.3) is 0 Å². The van der Waals surface area contributed by atoms with Gasteiger partial charge in [0.15, 0.2) is 0 Å². The molecule has 3 nitrogen and oxygen atoms in total. The monoisotopic (exact) mass is 229 g/mol. The minimum absolute atomic E-state index is 0.490. The second kappa shape index (κ2) is 6.83. The van der Waals surface area contributed by atoms with E-state index in [1.165, 1.54) is 0 Å². The Morgan fingerprint density at radius 2 is 1.59 bits per heavy atom. The third-order valence-corrected chi connectivity index (χ3v) is 2.20. The van der Waals surface area contributed by atoms with Crippen LogP contribution in [0.5, 0.6) is 0 Å². The fourth-order valence-electron chi connectivity index (χ4n) is 1.42. The van der Waals surface area contributed by atoms with Gasteiger partial charge in [0.2, 0.25) is 0 Å². The van der Waals surface area contributed by atoms with E-state index in [0.717, 1.165) is 11.1 Å². The van der Waals surface area contributed by atoms with Gasteiger partial charge in [-0.25, -0.2) is 0 Å². The summed E-state index contributed by atoms with van der Waals surface area (Å²) in [6.45, 7) is 4.00. The van der Waals surface area contributed by atoms with Crippen molar-refractivity contribution in [1.29, 1.82) is 0 Å². The number of benzene rings is 1. The molecule has 1 aromatic heterocycles. The first-order valence-electron chi connectivity index (χ1n) is 5.64. The van der Waals surface area contributed by atoms with Crippen LogP contribution >= 0.6 is 0 Å². The Kier molecular flexibility index (Phi) is 5.40. The van der Waals surface area contributed by atoms with E-state index < -0.39 is 7.12 Å². The van der Waals surface area contributed by atoms with E-state index in [1.807, 2.05) is 32.0 Å². The Morgan fingerprint density at radius 3 is 2.18 bits per heavy atom. The maximum Gasteiger partial charge on any atom is 0.488 e. The standard InChI is InChI=1S/C11H10BNO2.C2H6/c14-12(15)11-3-1-2-10(8-11)9-4-6-13-7-5-9;1-2/h1-8,14-15H;1-2H3. The van der Waals surface area contributed by atoms with Crippen molar-refractivity contribution in [3.05, 3.63) is 48.8 Å². The van der Waals surface area contributed by atoms with E-state index in [-0.39, 0.29) is 0 Å². The first-order valence-corrected chi connectivity index (χ1v) is 5.64. The smallest absolute Gasteiger partial charge is 0.423 e. The molecule has 0 aliphatic rings. The van der Waals surface area contributed by atoms with Crippen LogP contribution in [0.4, 0.5) is 0 Å². The summed E-state index contributed by atoms with van der Waals surface area (Å²) >= 11 is 0. The quantitative estimate of drug-likeness (QED) is 0.766. The Morgan fingerprint density at radius 1 is 0.941 bits per heavy atom. The summed E-state index contributed by atoms with van der Waals surface area (Å²) in [5, 5.41) is 18.1. The lowest BCUT2D eigenvalue weighted by Gasteiger charge is -2.04. The van der Waals surface area contributed by atoms with Gasteiger partial charge < -0.3 is 10.0 Å². The van der Waals surface area contributed by atoms with Gasteiger partial charge in [-0.2, -0.15) is 0 Å². The van der Waals surface area contributed by atoms with Crippen molar-refractivity contribution in [1.82, 2.24) is 4.98 Å². The highest BCUT2D eigenvalue weighted by atomic mass is 16.4. The number of nitrogens with zero attached hydrogens (tertiary/aromatic N) is 1. The van der Waals surface area contributed by atoms with E-state index in [2.05, 4.69) is 4.98 Å². The summed E-state index contributed by atoms with van der Waals surface area (Å²) in [6, 6.07) is 10.9. The molecule has 0 saturated heterocycles. The lowest BCUT2D eigenvalue weighted by atomic mass is 9.79. The van der Waals surface area contributed by atoms with Gasteiger partial charge in [0, 0.05) is 12.4 Å². The van der Waals surface area contributed by atoms with Crippen molar-refractivity contribution in [3.8, 4) is 11.1 Å². The molecule has 0 spiro atoms. The second-order valence-corrected chi connectivity index (χ2v) is 3.24. The Labute approximate surface area is 102 Å². The summed E-state index contributed by atoms with van der Waals surface area (Å²) in [4.78, 5) is 3.93. The highest BCUT2D eigenvalue weighted by molar-refractivity contribution is 6.58. The maximum atomic E-state index is 9.04. The van der Waals surface area contributed by atoms with E-state index in [0.29, 0.717) is 5.46 Å². The molecule has 0 bridgehead atoms. The number of hydrogen-bond donors (Lipinski definition) is 2. The predicted molar refractivity (Wildman–Crippen MR) is 70.8 cm³/mol. The second-order valence-electron chi connectivity index (χ2n) is 3.24. The fourth-order valence-corrected chi connectivity index (χ4v) is 1.42. The third-order valence-electron chi connectivity index (χ3n) is 2.20. The topological polar surface area (TPSA) is 53.4 Å². The summed E-state index contributed by atoms with van der Waals surface area (Å²) in [7, 11) is -1.42. The van der Waals surface area contributed by atoms with Crippen molar-refractivity contribution in [2.45, 2.75) is 13.8 Å². The summed E-state index contributed by atoms with van der Waals surface area (Å²) < 4.78 is 0. The van der Waals surface area contributed by atoms with Crippen molar-refractivity contribution < 1.29 is 10.0 Å². The average molecular weight is 229 g/mol. The van der Waals surface area contributed by atoms with Crippen LogP contribution in [0.3, 0.4) is 0 Å². The lowest BCUT2D eigenvalue weighted by molar-refractivity contribution is 0.426. The molecule has 0 atom stereocenters. The van der Waals surface area contributed by atoms with Crippen molar-refractivity contribution in [2.24, 2.45) is 0 Å². The average Bonchev–Trinajstić information content (AvgIpc) is 2.42. The molecule has 17 heavy (non-hydrogen) atoms. The molecule has 0 radical (unpaired) electrons. The summed E-state index contributed by atoms with van der Waals surface area (Å²) in [5.74, 6) is 0. The first-order chi connectivity index (χ1) is 8.27. The zero-order valence-electron chi connectivity index (χ0n) is 10.0. The molecule has 0 amide bonds. The molecule has 4 heteroatoms. The number of hydrogen-bond acceptors (Lipinski definition) is 3. The Balaban J connectivity index is 0.000000686. The van der Waals surface area contributed by atoms with E-state index in [9.17, 15) is 0 Å². The van der Waals surface area contributed by atoms with Crippen molar-refractivity contribution in [3.63, 3.8) is 0 Å². The van der Waals surface area contributed by atoms with Crippen molar-refractivity contribution in [2.75, 3.05) is 0 Å². The molecule has 0 fully saturated rings. The summed E-state index contributed by atoms with van der Waals surface area (Å²) in [6.07, 6.45) is 3.41. The van der Waals surface area contributed by atoms with Gasteiger partial charge in [0.05, 0.1) is 0 Å². The van der Waals surface area contributed by atoms with E-state index >= 15 is 0 Å². The van der Waals surface area contributed by atoms with Crippen LogP contribution in [0, 0.1) is 0 Å². The molecule has 2 N–H and O–H groups in total. The molecule has 0 unspecified atom stereocenters. The van der Waals surface area contributed by atoms with Gasteiger partial charge >= 0.3 is 7.12 Å². The molecule has 88 valence electrons. The molecule has 2 rings (SSSR count). The van der Waals surface area contributed by atoms with Crippen LogP contribution in [0.2, 0.25) is 0 Å². The van der Waals surface area contributed by atoms with Crippen molar-refractivity contribution >= 4 is 12.6 Å². The first kappa shape index (κ1) is 13.4. The number of aromatic nitrogens is 1. The predicted octanol–water partition coefficient (Wildman–Crippen LogP) is 1.45. The molecule has 1 aromatic carbocycles. The molecule has 0 saturated carbocycles. The number of pyridine rings is 1. The van der Waals surface area contributed by atoms with Crippen LogP contribution < -0.4 is 5.46 Å². The highest BCUT2D eigenvalue weighted by Crippen LogP contribution is 2.16. The van der Waals surface area contributed by atoms with Crippen LogP contribution in [-0.2, 0) is 0 Å². The third kappa shape index (κ3) is 3.69. The molecule has 2 aromatic rings. The molecule has 1 heterocycles. The Hall–Kier alpha value is -1.65. The van der Waals surface area contributed by atoms with Gasteiger partial charge in [-0.3, -0.25) is 4.98 Å². The fraction of sp³-hybridized carbons (Fsp3) is 0.154. The lowest BCUT2D eigenvalue weighted by Crippen LogP contribution is -2.29. The molecule has 0 aliphatic carbocycles. The van der Waals surface area contributed by atoms with Gasteiger partial charge in [-0.05, 0) is 28.7 Å². The zero-order chi connectivity index (χ0) is 12.7.